The van der Waals surface area contributed by atoms with Gasteiger partial charge in [-0.25, -0.2) is 5.43 Å². The number of nitrogens with one attached hydrogen (secondary N) is 1. The molecule has 0 fully saturated rings. The summed E-state index contributed by atoms with van der Waals surface area (Å²) >= 11 is 4.68. The number of hydrogen-bond donors (Lipinski definition) is 1. The van der Waals surface area contributed by atoms with Crippen LogP contribution in [0.15, 0.2) is 87.8 Å². The van der Waals surface area contributed by atoms with E-state index in [-0.39, 0.29) is 11.7 Å². The largest absolute Gasteiger partial charge is 0.494 e. The summed E-state index contributed by atoms with van der Waals surface area (Å²) in [6.07, 6.45) is 5.03. The number of hydrogen-bond acceptors (Lipinski definition) is 7. The molecule has 0 saturated carbocycles. The summed E-state index contributed by atoms with van der Waals surface area (Å²) in [6.45, 7) is 2.53. The molecule has 0 atom stereocenters. The van der Waals surface area contributed by atoms with Crippen LogP contribution in [0, 0.1) is 0 Å². The van der Waals surface area contributed by atoms with Crippen molar-refractivity contribution in [3.05, 3.63) is 83.1 Å². The van der Waals surface area contributed by atoms with Crippen LogP contribution >= 0.6 is 27.7 Å². The number of nitrogens with zero attached hydrogens (tertiary/aromatic N) is 5. The minimum atomic E-state index is -0.250. The zero-order chi connectivity index (χ0) is 23.8. The highest BCUT2D eigenvalue weighted by Crippen LogP contribution is 2.28. The minimum absolute atomic E-state index is 0.123. The van der Waals surface area contributed by atoms with Gasteiger partial charge in [-0.2, -0.15) is 5.10 Å². The maximum atomic E-state index is 12.4. The molecule has 1 amide bonds. The lowest BCUT2D eigenvalue weighted by Crippen LogP contribution is -2.20. The number of halogens is 1. The van der Waals surface area contributed by atoms with E-state index in [1.165, 1.54) is 11.8 Å². The predicted octanol–water partition coefficient (Wildman–Crippen LogP) is 4.73. The zero-order valence-corrected chi connectivity index (χ0v) is 20.7. The quantitative estimate of drug-likeness (QED) is 0.189. The molecule has 0 radical (unpaired) electrons. The van der Waals surface area contributed by atoms with Crippen LogP contribution in [-0.2, 0) is 4.79 Å². The number of amides is 1. The van der Waals surface area contributed by atoms with Gasteiger partial charge in [0.1, 0.15) is 5.75 Å². The summed E-state index contributed by atoms with van der Waals surface area (Å²) in [7, 11) is 0. The molecule has 0 aliphatic heterocycles. The Balaban J connectivity index is 1.51. The molecule has 1 N–H and O–H groups in total. The molecule has 4 rings (SSSR count). The monoisotopic (exact) mass is 536 g/mol. The zero-order valence-electron chi connectivity index (χ0n) is 18.3. The summed E-state index contributed by atoms with van der Waals surface area (Å²) in [5.74, 6) is 1.28. The molecule has 34 heavy (non-hydrogen) atoms. The van der Waals surface area contributed by atoms with Crippen LogP contribution in [0.25, 0.3) is 17.1 Å². The number of pyridine rings is 1. The van der Waals surface area contributed by atoms with Crippen LogP contribution in [0.1, 0.15) is 12.5 Å². The van der Waals surface area contributed by atoms with Crippen molar-refractivity contribution in [2.75, 3.05) is 12.4 Å². The molecular formula is C24H21BrN6O2S. The van der Waals surface area contributed by atoms with Crippen LogP contribution in [0.4, 0.5) is 0 Å². The van der Waals surface area contributed by atoms with Crippen molar-refractivity contribution in [3.63, 3.8) is 0 Å². The van der Waals surface area contributed by atoms with Crippen molar-refractivity contribution in [1.82, 2.24) is 25.2 Å². The molecule has 2 aromatic carbocycles. The first-order chi connectivity index (χ1) is 16.6. The van der Waals surface area contributed by atoms with E-state index in [9.17, 15) is 4.79 Å². The summed E-state index contributed by atoms with van der Waals surface area (Å²) in [4.78, 5) is 16.6. The van der Waals surface area contributed by atoms with Crippen molar-refractivity contribution in [2.24, 2.45) is 5.10 Å². The number of ether oxygens (including phenoxy) is 1. The Morgan fingerprint density at radius 2 is 2.03 bits per heavy atom. The minimum Gasteiger partial charge on any atom is -0.494 e. The third-order valence-electron chi connectivity index (χ3n) is 4.54. The average molecular weight is 537 g/mol. The number of carbonyl (C=O) groups excluding carboxylic acids is 1. The van der Waals surface area contributed by atoms with Crippen LogP contribution in [-0.4, -0.2) is 44.2 Å². The van der Waals surface area contributed by atoms with Gasteiger partial charge in [0.05, 0.1) is 18.6 Å². The predicted molar refractivity (Wildman–Crippen MR) is 136 cm³/mol. The number of aromatic nitrogens is 4. The summed E-state index contributed by atoms with van der Waals surface area (Å²) < 4.78 is 8.39. The molecule has 172 valence electrons. The third kappa shape index (κ3) is 6.09. The molecule has 10 heteroatoms. The topological polar surface area (TPSA) is 94.3 Å². The second kappa shape index (κ2) is 11.6. The maximum Gasteiger partial charge on any atom is 0.250 e. The Morgan fingerprint density at radius 1 is 1.18 bits per heavy atom. The van der Waals surface area contributed by atoms with Gasteiger partial charge in [-0.05, 0) is 61.0 Å². The summed E-state index contributed by atoms with van der Waals surface area (Å²) in [5, 5.41) is 13.3. The molecule has 0 aliphatic carbocycles. The van der Waals surface area contributed by atoms with Gasteiger partial charge in [0.2, 0.25) is 0 Å². The Bertz CT molecular complexity index is 1280. The highest BCUT2D eigenvalue weighted by Gasteiger charge is 2.17. The Morgan fingerprint density at radius 3 is 2.76 bits per heavy atom. The first-order valence-electron chi connectivity index (χ1n) is 10.4. The van der Waals surface area contributed by atoms with E-state index in [1.54, 1.807) is 18.6 Å². The van der Waals surface area contributed by atoms with Gasteiger partial charge in [-0.1, -0.05) is 39.8 Å². The molecule has 0 unspecified atom stereocenters. The Hall–Kier alpha value is -3.50. The van der Waals surface area contributed by atoms with Gasteiger partial charge in [-0.15, -0.1) is 10.2 Å². The molecule has 2 aromatic heterocycles. The smallest absolute Gasteiger partial charge is 0.250 e. The van der Waals surface area contributed by atoms with Gasteiger partial charge in [-0.3, -0.25) is 14.3 Å². The highest BCUT2D eigenvalue weighted by molar-refractivity contribution is 9.10. The fourth-order valence-electron chi connectivity index (χ4n) is 3.06. The van der Waals surface area contributed by atoms with Crippen molar-refractivity contribution < 1.29 is 9.53 Å². The van der Waals surface area contributed by atoms with Gasteiger partial charge in [0.25, 0.3) is 5.91 Å². The lowest BCUT2D eigenvalue weighted by molar-refractivity contribution is -0.118. The van der Waals surface area contributed by atoms with E-state index in [0.717, 1.165) is 27.0 Å². The van der Waals surface area contributed by atoms with E-state index >= 15 is 0 Å². The van der Waals surface area contributed by atoms with Crippen molar-refractivity contribution >= 4 is 39.8 Å². The van der Waals surface area contributed by atoms with Gasteiger partial charge in [0, 0.05) is 28.1 Å². The van der Waals surface area contributed by atoms with Gasteiger partial charge >= 0.3 is 0 Å². The van der Waals surface area contributed by atoms with Crippen LogP contribution in [0.3, 0.4) is 0 Å². The second-order valence-corrected chi connectivity index (χ2v) is 8.81. The lowest BCUT2D eigenvalue weighted by atomic mass is 10.2. The number of benzene rings is 2. The van der Waals surface area contributed by atoms with E-state index in [2.05, 4.69) is 41.6 Å². The molecule has 0 aliphatic rings. The normalized spacial score (nSPS) is 11.0. The van der Waals surface area contributed by atoms with E-state index in [4.69, 9.17) is 4.74 Å². The second-order valence-electron chi connectivity index (χ2n) is 6.95. The maximum absolute atomic E-state index is 12.4. The Labute approximate surface area is 209 Å². The lowest BCUT2D eigenvalue weighted by Gasteiger charge is -2.11. The summed E-state index contributed by atoms with van der Waals surface area (Å²) in [6, 6.07) is 19.0. The first-order valence-corrected chi connectivity index (χ1v) is 12.2. The fourth-order valence-corrected chi connectivity index (χ4v) is 4.23. The number of rotatable bonds is 9. The Kier molecular flexibility index (Phi) is 8.05. The number of carbonyl (C=O) groups is 1. The molecule has 8 nitrogen and oxygen atoms in total. The average Bonchev–Trinajstić information content (AvgIpc) is 3.28. The van der Waals surface area contributed by atoms with Crippen molar-refractivity contribution in [1.29, 1.82) is 0 Å². The van der Waals surface area contributed by atoms with E-state index < -0.39 is 0 Å². The molecule has 2 heterocycles. The molecule has 0 spiro atoms. The molecule has 4 aromatic rings. The molecule has 0 bridgehead atoms. The SMILES string of the molecule is CCOc1ccc(-n2c(SCC(=O)NN=Cc3cccc(Br)c3)nnc2-c2cccnc2)cc1. The van der Waals surface area contributed by atoms with E-state index in [0.29, 0.717) is 17.6 Å². The van der Waals surface area contributed by atoms with Crippen molar-refractivity contribution in [3.8, 4) is 22.8 Å². The number of thioether (sulfide) groups is 1. The standard InChI is InChI=1S/C24H21BrN6O2S/c1-2-33-21-10-8-20(9-11-21)31-23(18-6-4-12-26-15-18)29-30-24(31)34-16-22(32)28-27-14-17-5-3-7-19(25)13-17/h3-15H,2,16H2,1H3,(H,28,32). The molecule has 0 saturated heterocycles. The highest BCUT2D eigenvalue weighted by atomic mass is 79.9. The van der Waals surface area contributed by atoms with Crippen LogP contribution in [0.5, 0.6) is 5.75 Å². The third-order valence-corrected chi connectivity index (χ3v) is 5.97. The van der Waals surface area contributed by atoms with Crippen molar-refractivity contribution in [2.45, 2.75) is 12.1 Å². The van der Waals surface area contributed by atoms with E-state index in [1.807, 2.05) is 72.2 Å². The van der Waals surface area contributed by atoms with Crippen LogP contribution < -0.4 is 10.2 Å². The number of hydrazone groups is 1. The molecular weight excluding hydrogens is 516 g/mol. The summed E-state index contributed by atoms with van der Waals surface area (Å²) in [5.41, 5.74) is 5.09. The van der Waals surface area contributed by atoms with Gasteiger partial charge < -0.3 is 4.74 Å². The van der Waals surface area contributed by atoms with Crippen LogP contribution in [0.2, 0.25) is 0 Å². The fraction of sp³-hybridized carbons (Fsp3) is 0.125. The first kappa shape index (κ1) is 23.7. The van der Waals surface area contributed by atoms with Gasteiger partial charge in [0.15, 0.2) is 11.0 Å².